The minimum atomic E-state index is -4.55. The van der Waals surface area contributed by atoms with Crippen molar-refractivity contribution in [1.29, 1.82) is 0 Å². The highest BCUT2D eigenvalue weighted by Gasteiger charge is 2.51. The van der Waals surface area contributed by atoms with Gasteiger partial charge in [0.15, 0.2) is 23.0 Å². The Balaban J connectivity index is 1.88. The van der Waals surface area contributed by atoms with Crippen molar-refractivity contribution in [2.75, 3.05) is 12.4 Å². The molecule has 184 valence electrons. The highest BCUT2D eigenvalue weighted by molar-refractivity contribution is 7.54. The van der Waals surface area contributed by atoms with Crippen molar-refractivity contribution < 1.29 is 34.0 Å². The molecule has 0 spiro atoms. The first kappa shape index (κ1) is 25.7. The van der Waals surface area contributed by atoms with Gasteiger partial charge < -0.3 is 30.3 Å². The molecule has 2 aromatic rings. The monoisotopic (exact) mass is 485 g/mol. The highest BCUT2D eigenvalue weighted by Crippen LogP contribution is 2.59. The molecule has 12 nitrogen and oxygen atoms in total. The lowest BCUT2D eigenvalue weighted by Crippen LogP contribution is -2.41. The number of anilines is 1. The van der Waals surface area contributed by atoms with E-state index in [1.807, 2.05) is 0 Å². The van der Waals surface area contributed by atoms with E-state index in [2.05, 4.69) is 26.8 Å². The zero-order valence-corrected chi connectivity index (χ0v) is 20.0. The number of hydrogen-bond acceptors (Lipinski definition) is 10. The first-order valence-corrected chi connectivity index (χ1v) is 12.3. The Morgan fingerprint density at radius 3 is 2.55 bits per heavy atom. The Labute approximate surface area is 191 Å². The molecule has 33 heavy (non-hydrogen) atoms. The molecule has 0 bridgehead atoms. The number of rotatable bonds is 10. The third-order valence-corrected chi connectivity index (χ3v) is 8.31. The first-order chi connectivity index (χ1) is 15.5. The predicted molar refractivity (Wildman–Crippen MR) is 120 cm³/mol. The second-order valence-corrected chi connectivity index (χ2v) is 10.5. The number of aliphatic hydroxyl groups is 3. The van der Waals surface area contributed by atoms with Crippen LogP contribution in [0, 0.1) is 0 Å². The van der Waals surface area contributed by atoms with Gasteiger partial charge in [-0.25, -0.2) is 15.0 Å². The molecular weight excluding hydrogens is 453 g/mol. The first-order valence-electron chi connectivity index (χ1n) is 10.7. The fourth-order valence-electron chi connectivity index (χ4n) is 3.89. The molecule has 3 heterocycles. The van der Waals surface area contributed by atoms with Crippen molar-refractivity contribution in [3.63, 3.8) is 0 Å². The van der Waals surface area contributed by atoms with Gasteiger partial charge in [-0.2, -0.15) is 0 Å². The van der Waals surface area contributed by atoms with Crippen molar-refractivity contribution >= 4 is 24.6 Å². The average molecular weight is 485 g/mol. The lowest BCUT2D eigenvalue weighted by molar-refractivity contribution is -0.0740. The summed E-state index contributed by atoms with van der Waals surface area (Å²) in [5.41, 5.74) is -0.334. The van der Waals surface area contributed by atoms with Gasteiger partial charge in [0, 0.05) is 13.5 Å². The molecular formula is C20H32N5O7P. The summed E-state index contributed by atoms with van der Waals surface area (Å²) in [4.78, 5) is 23.0. The molecule has 13 heteroatoms. The summed E-state index contributed by atoms with van der Waals surface area (Å²) >= 11 is 0. The van der Waals surface area contributed by atoms with Crippen molar-refractivity contribution in [2.45, 2.75) is 75.5 Å². The molecule has 1 aliphatic heterocycles. The van der Waals surface area contributed by atoms with Gasteiger partial charge in [-0.3, -0.25) is 13.7 Å². The van der Waals surface area contributed by atoms with Crippen LogP contribution in [0.15, 0.2) is 25.3 Å². The van der Waals surface area contributed by atoms with Crippen LogP contribution in [0.3, 0.4) is 0 Å². The lowest BCUT2D eigenvalue weighted by atomic mass is 9.88. The van der Waals surface area contributed by atoms with E-state index in [9.17, 15) is 24.8 Å². The molecule has 5 N–H and O–H groups in total. The van der Waals surface area contributed by atoms with Gasteiger partial charge >= 0.3 is 7.60 Å². The summed E-state index contributed by atoms with van der Waals surface area (Å²) in [5, 5.41) is 32.5. The van der Waals surface area contributed by atoms with E-state index in [4.69, 9.17) is 9.26 Å². The maximum Gasteiger partial charge on any atom is 0.363 e. The third kappa shape index (κ3) is 4.57. The van der Waals surface area contributed by atoms with Gasteiger partial charge in [-0.1, -0.05) is 20.4 Å². The average Bonchev–Trinajstić information content (AvgIpc) is 3.34. The van der Waals surface area contributed by atoms with Crippen LogP contribution in [-0.4, -0.2) is 76.0 Å². The van der Waals surface area contributed by atoms with E-state index in [0.29, 0.717) is 29.8 Å². The minimum absolute atomic E-state index is 0.00409. The molecule has 0 aromatic carbocycles. The number of aromatic nitrogens is 4. The summed E-state index contributed by atoms with van der Waals surface area (Å²) < 4.78 is 25.9. The molecule has 0 saturated carbocycles. The molecule has 0 aliphatic carbocycles. The normalized spacial score (nSPS) is 27.3. The molecule has 0 radical (unpaired) electrons. The Kier molecular flexibility index (Phi) is 7.30. The van der Waals surface area contributed by atoms with E-state index >= 15 is 0 Å². The van der Waals surface area contributed by atoms with Gasteiger partial charge in [-0.05, 0) is 25.8 Å². The highest BCUT2D eigenvalue weighted by atomic mass is 31.2. The maximum atomic E-state index is 12.8. The number of aliphatic hydroxyl groups excluding tert-OH is 2. The number of hydrogen-bond donors (Lipinski definition) is 5. The van der Waals surface area contributed by atoms with E-state index in [-0.39, 0.29) is 6.42 Å². The Bertz CT molecular complexity index is 1040. The molecule has 4 unspecified atom stereocenters. The number of ether oxygens (including phenoxy) is 1. The van der Waals surface area contributed by atoms with Crippen molar-refractivity contribution in [3.8, 4) is 0 Å². The van der Waals surface area contributed by atoms with Crippen LogP contribution in [0.1, 0.15) is 46.3 Å². The lowest BCUT2D eigenvalue weighted by Gasteiger charge is -2.38. The molecule has 1 saturated heterocycles. The summed E-state index contributed by atoms with van der Waals surface area (Å²) in [5.74, 6) is 0.501. The van der Waals surface area contributed by atoms with Crippen LogP contribution < -0.4 is 5.32 Å². The van der Waals surface area contributed by atoms with Crippen LogP contribution in [0.5, 0.6) is 0 Å². The van der Waals surface area contributed by atoms with E-state index in [1.165, 1.54) is 17.2 Å². The van der Waals surface area contributed by atoms with E-state index in [0.717, 1.165) is 13.0 Å². The fraction of sp³-hybridized carbons (Fsp3) is 0.650. The van der Waals surface area contributed by atoms with Gasteiger partial charge in [0.25, 0.3) is 0 Å². The zero-order chi connectivity index (χ0) is 24.6. The Hall–Kier alpha value is -1.92. The van der Waals surface area contributed by atoms with Gasteiger partial charge in [0.2, 0.25) is 0 Å². The van der Waals surface area contributed by atoms with Crippen molar-refractivity contribution in [3.05, 3.63) is 25.3 Å². The van der Waals surface area contributed by atoms with Crippen LogP contribution in [0.4, 0.5) is 5.82 Å². The smallest absolute Gasteiger partial charge is 0.363 e. The Morgan fingerprint density at radius 1 is 1.30 bits per heavy atom. The van der Waals surface area contributed by atoms with E-state index in [1.54, 1.807) is 20.9 Å². The quantitative estimate of drug-likeness (QED) is 0.244. The zero-order valence-electron chi connectivity index (χ0n) is 19.1. The second-order valence-electron chi connectivity index (χ2n) is 8.35. The van der Waals surface area contributed by atoms with Crippen molar-refractivity contribution in [2.24, 2.45) is 0 Å². The molecule has 1 fully saturated rings. The van der Waals surface area contributed by atoms with Gasteiger partial charge in [-0.15, -0.1) is 0 Å². The number of nitrogens with zero attached hydrogens (tertiary/aromatic N) is 4. The second kappa shape index (κ2) is 9.38. The Morgan fingerprint density at radius 2 is 1.97 bits per heavy atom. The maximum absolute atomic E-state index is 12.8. The predicted octanol–water partition coefficient (Wildman–Crippen LogP) is 1.53. The number of imidazole rings is 1. The third-order valence-electron chi connectivity index (χ3n) is 6.34. The summed E-state index contributed by atoms with van der Waals surface area (Å²) in [6, 6.07) is 0. The van der Waals surface area contributed by atoms with Crippen molar-refractivity contribution in [1.82, 2.24) is 19.5 Å². The largest absolute Gasteiger partial charge is 0.388 e. The van der Waals surface area contributed by atoms with E-state index < -0.39 is 43.1 Å². The van der Waals surface area contributed by atoms with Gasteiger partial charge in [0.05, 0.1) is 18.0 Å². The van der Waals surface area contributed by atoms with Crippen LogP contribution >= 0.6 is 7.60 Å². The molecule has 0 amide bonds. The number of fused-ring (bicyclic) bond motifs is 1. The molecule has 3 rings (SSSR count). The molecule has 6 atom stereocenters. The number of nitrogens with one attached hydrogen (secondary N) is 1. The standard InChI is InChI=1S/C20H32N5O7P/c1-6-19(4,28)33(29,30)32-20(7-2,8-3)9-12-14(26)15(27)18(31-12)25-11-24-13-16(21-5)22-10-23-17(13)25/h6,10-12,14-15,18,26-28H,1,7-9H2,2-5H3,(H,29,30)(H,21,22,23)/t12?,14?,15-,18-,19?/m1/s1. The molecule has 2 aromatic heterocycles. The minimum Gasteiger partial charge on any atom is -0.388 e. The van der Waals surface area contributed by atoms with Crippen LogP contribution in [-0.2, 0) is 13.8 Å². The summed E-state index contributed by atoms with van der Waals surface area (Å²) in [6.45, 7) is 8.07. The summed E-state index contributed by atoms with van der Waals surface area (Å²) in [6.07, 6.45) is -0.232. The SMILES string of the molecule is C=CC(C)(O)P(=O)(O)OC(CC)(CC)CC1O[C@@H](n2cnc3c(NC)ncnc32)[C@H](O)C1O. The van der Waals surface area contributed by atoms with Gasteiger partial charge in [0.1, 0.15) is 24.1 Å². The molecule has 1 aliphatic rings. The van der Waals surface area contributed by atoms with Crippen LogP contribution in [0.25, 0.3) is 11.2 Å². The fourth-order valence-corrected chi connectivity index (χ4v) is 5.16. The topological polar surface area (TPSA) is 172 Å². The van der Waals surface area contributed by atoms with Crippen LogP contribution in [0.2, 0.25) is 0 Å². The summed E-state index contributed by atoms with van der Waals surface area (Å²) in [7, 11) is -2.85.